The first-order chi connectivity index (χ1) is 10.6. The summed E-state index contributed by atoms with van der Waals surface area (Å²) in [5.41, 5.74) is 1.98. The molecule has 122 valence electrons. The third-order valence-corrected chi connectivity index (χ3v) is 5.06. The molecule has 4 nitrogen and oxygen atoms in total. The molecule has 0 bridgehead atoms. The Kier molecular flexibility index (Phi) is 5.83. The van der Waals surface area contributed by atoms with E-state index in [0.717, 1.165) is 31.6 Å². The van der Waals surface area contributed by atoms with Gasteiger partial charge in [0.15, 0.2) is 0 Å². The largest absolute Gasteiger partial charge is 0.360 e. The minimum absolute atomic E-state index is 0.0275. The van der Waals surface area contributed by atoms with E-state index in [-0.39, 0.29) is 5.91 Å². The molecule has 1 saturated heterocycles. The van der Waals surface area contributed by atoms with E-state index < -0.39 is 0 Å². The molecule has 1 aromatic carbocycles. The Morgan fingerprint density at radius 3 is 2.18 bits per heavy atom. The molecule has 0 saturated carbocycles. The summed E-state index contributed by atoms with van der Waals surface area (Å²) in [6, 6.07) is 8.05. The number of rotatable bonds is 6. The molecule has 0 unspecified atom stereocenters. The number of carbonyl (C=O) groups excluding carboxylic acids is 1. The fraction of sp³-hybridized carbons (Fsp3) is 0.611. The van der Waals surface area contributed by atoms with Crippen LogP contribution in [0.3, 0.4) is 0 Å². The van der Waals surface area contributed by atoms with Crippen LogP contribution >= 0.6 is 0 Å². The highest BCUT2D eigenvalue weighted by Crippen LogP contribution is 2.20. The SMILES string of the molecule is CCCNC(=O)c1ccc(N2CC[N+](CC)(CC)CC2)cc1. The van der Waals surface area contributed by atoms with Crippen molar-refractivity contribution in [2.24, 2.45) is 0 Å². The Hall–Kier alpha value is -1.55. The minimum atomic E-state index is 0.0275. The molecule has 0 aromatic heterocycles. The Morgan fingerprint density at radius 2 is 1.68 bits per heavy atom. The first kappa shape index (κ1) is 16.8. The van der Waals surface area contributed by atoms with Gasteiger partial charge in [0.25, 0.3) is 5.91 Å². The lowest BCUT2D eigenvalue weighted by atomic mass is 10.1. The summed E-state index contributed by atoms with van der Waals surface area (Å²) < 4.78 is 1.23. The summed E-state index contributed by atoms with van der Waals surface area (Å²) in [6.07, 6.45) is 0.965. The van der Waals surface area contributed by atoms with Gasteiger partial charge in [-0.15, -0.1) is 0 Å². The number of benzene rings is 1. The second-order valence-corrected chi connectivity index (χ2v) is 6.21. The molecule has 1 aliphatic heterocycles. The van der Waals surface area contributed by atoms with Gasteiger partial charge >= 0.3 is 0 Å². The van der Waals surface area contributed by atoms with Crippen molar-refractivity contribution in [1.29, 1.82) is 0 Å². The zero-order valence-electron chi connectivity index (χ0n) is 14.3. The topological polar surface area (TPSA) is 32.3 Å². The maximum Gasteiger partial charge on any atom is 0.251 e. The lowest BCUT2D eigenvalue weighted by Crippen LogP contribution is -2.59. The molecule has 1 fully saturated rings. The Balaban J connectivity index is 1.96. The van der Waals surface area contributed by atoms with E-state index in [4.69, 9.17) is 0 Å². The number of carbonyl (C=O) groups is 1. The van der Waals surface area contributed by atoms with Gasteiger partial charge in [0.1, 0.15) is 0 Å². The van der Waals surface area contributed by atoms with Crippen LogP contribution in [0.2, 0.25) is 0 Å². The number of hydrogen-bond acceptors (Lipinski definition) is 2. The van der Waals surface area contributed by atoms with Crippen LogP contribution in [0.1, 0.15) is 37.6 Å². The van der Waals surface area contributed by atoms with Gasteiger partial charge in [-0.05, 0) is 44.5 Å². The van der Waals surface area contributed by atoms with Gasteiger partial charge in [-0.3, -0.25) is 4.79 Å². The molecule has 4 heteroatoms. The number of quaternary nitrogens is 1. The van der Waals surface area contributed by atoms with Gasteiger partial charge in [0.05, 0.1) is 39.3 Å². The monoisotopic (exact) mass is 304 g/mol. The van der Waals surface area contributed by atoms with Crippen LogP contribution in [0, 0.1) is 0 Å². The number of amides is 1. The summed E-state index contributed by atoms with van der Waals surface area (Å²) in [5, 5.41) is 2.92. The van der Waals surface area contributed by atoms with Gasteiger partial charge in [-0.2, -0.15) is 0 Å². The standard InChI is InChI=1S/C18H29N3O/c1-4-11-19-18(22)16-7-9-17(10-8-16)20-12-14-21(5-2,6-3)15-13-20/h7-10H,4-6,11-15H2,1-3H3/p+1. The van der Waals surface area contributed by atoms with Crippen molar-refractivity contribution in [3.8, 4) is 0 Å². The Labute approximate surface area is 134 Å². The smallest absolute Gasteiger partial charge is 0.251 e. The molecule has 22 heavy (non-hydrogen) atoms. The lowest BCUT2D eigenvalue weighted by Gasteiger charge is -2.44. The van der Waals surface area contributed by atoms with Crippen molar-refractivity contribution in [2.45, 2.75) is 27.2 Å². The average Bonchev–Trinajstić information content (AvgIpc) is 2.60. The van der Waals surface area contributed by atoms with Crippen LogP contribution < -0.4 is 10.2 Å². The van der Waals surface area contributed by atoms with Crippen molar-refractivity contribution < 1.29 is 9.28 Å². The van der Waals surface area contributed by atoms with Crippen LogP contribution in [0.4, 0.5) is 5.69 Å². The van der Waals surface area contributed by atoms with Crippen LogP contribution in [0.5, 0.6) is 0 Å². The summed E-state index contributed by atoms with van der Waals surface area (Å²) in [6.45, 7) is 14.5. The second kappa shape index (κ2) is 7.63. The number of likely N-dealkylation sites (N-methyl/N-ethyl adjacent to an activating group) is 1. The first-order valence-electron chi connectivity index (χ1n) is 8.62. The predicted octanol–water partition coefficient (Wildman–Crippen LogP) is 2.50. The van der Waals surface area contributed by atoms with Crippen LogP contribution in [-0.2, 0) is 0 Å². The van der Waals surface area contributed by atoms with Gasteiger partial charge in [-0.25, -0.2) is 0 Å². The van der Waals surface area contributed by atoms with E-state index in [1.54, 1.807) is 0 Å². The third-order valence-electron chi connectivity index (χ3n) is 5.06. The molecular weight excluding hydrogens is 274 g/mol. The van der Waals surface area contributed by atoms with E-state index in [1.807, 2.05) is 12.1 Å². The highest BCUT2D eigenvalue weighted by molar-refractivity contribution is 5.94. The van der Waals surface area contributed by atoms with Gasteiger partial charge in [-0.1, -0.05) is 6.92 Å². The second-order valence-electron chi connectivity index (χ2n) is 6.21. The Bertz CT molecular complexity index is 470. The van der Waals surface area contributed by atoms with Crippen molar-refractivity contribution in [3.05, 3.63) is 29.8 Å². The zero-order valence-corrected chi connectivity index (χ0v) is 14.3. The minimum Gasteiger partial charge on any atom is -0.360 e. The van der Waals surface area contributed by atoms with Crippen LogP contribution in [0.25, 0.3) is 0 Å². The van der Waals surface area contributed by atoms with Crippen molar-refractivity contribution in [3.63, 3.8) is 0 Å². The molecule has 1 aromatic rings. The normalized spacial score (nSPS) is 17.3. The van der Waals surface area contributed by atoms with Gasteiger partial charge in [0.2, 0.25) is 0 Å². The highest BCUT2D eigenvalue weighted by Gasteiger charge is 2.29. The van der Waals surface area contributed by atoms with Gasteiger partial charge < -0.3 is 14.7 Å². The van der Waals surface area contributed by atoms with E-state index in [2.05, 4.69) is 43.1 Å². The maximum atomic E-state index is 11.9. The van der Waals surface area contributed by atoms with Crippen LogP contribution in [-0.4, -0.2) is 56.2 Å². The predicted molar refractivity (Wildman–Crippen MR) is 92.4 cm³/mol. The van der Waals surface area contributed by atoms with Gasteiger partial charge in [0, 0.05) is 17.8 Å². The number of nitrogens with one attached hydrogen (secondary N) is 1. The molecule has 0 aliphatic carbocycles. The molecule has 0 spiro atoms. The highest BCUT2D eigenvalue weighted by atomic mass is 16.1. The maximum absolute atomic E-state index is 11.9. The van der Waals surface area contributed by atoms with Crippen LogP contribution in [0.15, 0.2) is 24.3 Å². The quantitative estimate of drug-likeness (QED) is 0.819. The summed E-state index contributed by atoms with van der Waals surface area (Å²) in [4.78, 5) is 14.4. The fourth-order valence-electron chi connectivity index (χ4n) is 3.17. The average molecular weight is 304 g/mol. The van der Waals surface area contributed by atoms with E-state index >= 15 is 0 Å². The number of nitrogens with zero attached hydrogens (tertiary/aromatic N) is 2. The van der Waals surface area contributed by atoms with Crippen molar-refractivity contribution in [2.75, 3.05) is 50.7 Å². The van der Waals surface area contributed by atoms with Crippen molar-refractivity contribution in [1.82, 2.24) is 5.32 Å². The molecular formula is C18H30N3O+. The molecule has 0 atom stereocenters. The molecule has 0 radical (unpaired) electrons. The molecule has 2 rings (SSSR count). The number of anilines is 1. The molecule has 1 N–H and O–H groups in total. The van der Waals surface area contributed by atoms with E-state index in [1.165, 1.54) is 36.3 Å². The number of piperazine rings is 1. The summed E-state index contributed by atoms with van der Waals surface area (Å²) in [5.74, 6) is 0.0275. The fourth-order valence-corrected chi connectivity index (χ4v) is 3.17. The first-order valence-corrected chi connectivity index (χ1v) is 8.62. The van der Waals surface area contributed by atoms with Crippen molar-refractivity contribution >= 4 is 11.6 Å². The molecule has 1 amide bonds. The Morgan fingerprint density at radius 1 is 1.09 bits per heavy atom. The third kappa shape index (κ3) is 3.80. The molecule has 1 heterocycles. The molecule has 1 aliphatic rings. The summed E-state index contributed by atoms with van der Waals surface area (Å²) in [7, 11) is 0. The zero-order chi connectivity index (χ0) is 16.0. The summed E-state index contributed by atoms with van der Waals surface area (Å²) >= 11 is 0. The lowest BCUT2D eigenvalue weighted by molar-refractivity contribution is -0.925. The van der Waals surface area contributed by atoms with E-state index in [0.29, 0.717) is 0 Å². The van der Waals surface area contributed by atoms with E-state index in [9.17, 15) is 4.79 Å². The number of hydrogen-bond donors (Lipinski definition) is 1.